The fourth-order valence-corrected chi connectivity index (χ4v) is 2.13. The second-order valence-electron chi connectivity index (χ2n) is 4.95. The maximum absolute atomic E-state index is 11.3. The van der Waals surface area contributed by atoms with Gasteiger partial charge in [0.15, 0.2) is 0 Å². The zero-order chi connectivity index (χ0) is 15.1. The highest BCUT2D eigenvalue weighted by Crippen LogP contribution is 2.12. The fraction of sp³-hybridized carbons (Fsp3) is 0.375. The number of aromatic nitrogens is 2. The molecule has 0 atom stereocenters. The van der Waals surface area contributed by atoms with E-state index in [4.69, 9.17) is 0 Å². The van der Waals surface area contributed by atoms with Gasteiger partial charge in [-0.1, -0.05) is 19.1 Å². The molecule has 2 aromatic rings. The highest BCUT2D eigenvalue weighted by Gasteiger charge is 2.03. The molecule has 1 aromatic carbocycles. The van der Waals surface area contributed by atoms with Crippen molar-refractivity contribution >= 4 is 11.6 Å². The van der Waals surface area contributed by atoms with Crippen LogP contribution >= 0.6 is 0 Å². The molecule has 0 saturated carbocycles. The molecular weight excluding hydrogens is 264 g/mol. The summed E-state index contributed by atoms with van der Waals surface area (Å²) in [6.07, 6.45) is 3.32. The minimum absolute atomic E-state index is 0.0270. The Hall–Kier alpha value is -2.30. The molecule has 1 heterocycles. The summed E-state index contributed by atoms with van der Waals surface area (Å²) in [7, 11) is 1.65. The lowest BCUT2D eigenvalue weighted by molar-refractivity contribution is -0.119. The second kappa shape index (κ2) is 7.47. The SMILES string of the molecule is CCCn1nccc1CNc1ccc(CC(=O)NC)cc1. The van der Waals surface area contributed by atoms with E-state index < -0.39 is 0 Å². The van der Waals surface area contributed by atoms with Gasteiger partial charge in [-0.3, -0.25) is 9.48 Å². The highest BCUT2D eigenvalue weighted by molar-refractivity contribution is 5.78. The van der Waals surface area contributed by atoms with Gasteiger partial charge in [0.25, 0.3) is 0 Å². The number of anilines is 1. The van der Waals surface area contributed by atoms with Crippen molar-refractivity contribution < 1.29 is 4.79 Å². The lowest BCUT2D eigenvalue weighted by atomic mass is 10.1. The van der Waals surface area contributed by atoms with Crippen LogP contribution in [0.1, 0.15) is 24.6 Å². The number of carbonyl (C=O) groups excluding carboxylic acids is 1. The summed E-state index contributed by atoms with van der Waals surface area (Å²) in [5, 5.41) is 10.3. The van der Waals surface area contributed by atoms with Gasteiger partial charge in [-0.2, -0.15) is 5.10 Å². The Bertz CT molecular complexity index is 574. The van der Waals surface area contributed by atoms with Gasteiger partial charge < -0.3 is 10.6 Å². The number of nitrogens with zero attached hydrogens (tertiary/aromatic N) is 2. The van der Waals surface area contributed by atoms with Crippen molar-refractivity contribution in [2.24, 2.45) is 0 Å². The van der Waals surface area contributed by atoms with Crippen molar-refractivity contribution in [2.45, 2.75) is 32.9 Å². The molecule has 0 fully saturated rings. The molecule has 5 heteroatoms. The topological polar surface area (TPSA) is 59.0 Å². The minimum Gasteiger partial charge on any atom is -0.379 e. The molecule has 0 saturated heterocycles. The molecular formula is C16H22N4O. The fourth-order valence-electron chi connectivity index (χ4n) is 2.13. The summed E-state index contributed by atoms with van der Waals surface area (Å²) in [5.74, 6) is 0.0270. The minimum atomic E-state index is 0.0270. The number of rotatable bonds is 7. The van der Waals surface area contributed by atoms with E-state index in [1.165, 1.54) is 5.69 Å². The summed E-state index contributed by atoms with van der Waals surface area (Å²) in [5.41, 5.74) is 3.22. The summed E-state index contributed by atoms with van der Waals surface area (Å²) in [6, 6.07) is 9.97. The maximum atomic E-state index is 11.3. The van der Waals surface area contributed by atoms with E-state index in [0.717, 1.165) is 30.8 Å². The molecule has 0 aliphatic rings. The molecule has 2 N–H and O–H groups in total. The molecule has 1 amide bonds. The van der Waals surface area contributed by atoms with E-state index in [1.807, 2.05) is 41.2 Å². The monoisotopic (exact) mass is 286 g/mol. The summed E-state index contributed by atoms with van der Waals surface area (Å²) in [6.45, 7) is 3.83. The van der Waals surface area contributed by atoms with Gasteiger partial charge in [-0.25, -0.2) is 0 Å². The van der Waals surface area contributed by atoms with Crippen LogP contribution in [0.15, 0.2) is 36.5 Å². The maximum Gasteiger partial charge on any atom is 0.224 e. The van der Waals surface area contributed by atoms with Crippen LogP contribution in [0.5, 0.6) is 0 Å². The number of carbonyl (C=O) groups is 1. The molecule has 5 nitrogen and oxygen atoms in total. The third-order valence-corrected chi connectivity index (χ3v) is 3.31. The van der Waals surface area contributed by atoms with Gasteiger partial charge in [0.1, 0.15) is 0 Å². The molecule has 0 spiro atoms. The Balaban J connectivity index is 1.91. The lowest BCUT2D eigenvalue weighted by Gasteiger charge is -2.09. The number of nitrogens with one attached hydrogen (secondary N) is 2. The standard InChI is InChI=1S/C16H22N4O/c1-3-10-20-15(8-9-19-20)12-18-14-6-4-13(5-7-14)11-16(21)17-2/h4-9,18H,3,10-12H2,1-2H3,(H,17,21). The third kappa shape index (κ3) is 4.34. The molecule has 0 aliphatic carbocycles. The predicted molar refractivity (Wildman–Crippen MR) is 84.1 cm³/mol. The lowest BCUT2D eigenvalue weighted by Crippen LogP contribution is -2.19. The number of hydrogen-bond acceptors (Lipinski definition) is 3. The molecule has 0 unspecified atom stereocenters. The van der Waals surface area contributed by atoms with E-state index in [-0.39, 0.29) is 5.91 Å². The van der Waals surface area contributed by atoms with Crippen molar-refractivity contribution in [2.75, 3.05) is 12.4 Å². The largest absolute Gasteiger partial charge is 0.379 e. The highest BCUT2D eigenvalue weighted by atomic mass is 16.1. The summed E-state index contributed by atoms with van der Waals surface area (Å²) >= 11 is 0. The van der Waals surface area contributed by atoms with E-state index in [1.54, 1.807) is 7.05 Å². The van der Waals surface area contributed by atoms with Gasteiger partial charge in [0, 0.05) is 25.5 Å². The molecule has 21 heavy (non-hydrogen) atoms. The van der Waals surface area contributed by atoms with Crippen molar-refractivity contribution in [1.29, 1.82) is 0 Å². The van der Waals surface area contributed by atoms with Crippen LogP contribution in [0.3, 0.4) is 0 Å². The predicted octanol–water partition coefficient (Wildman–Crippen LogP) is 2.19. The van der Waals surface area contributed by atoms with Gasteiger partial charge in [0.2, 0.25) is 5.91 Å². The Labute approximate surface area is 125 Å². The van der Waals surface area contributed by atoms with Crippen molar-refractivity contribution in [3.63, 3.8) is 0 Å². The van der Waals surface area contributed by atoms with Crippen LogP contribution in [0.25, 0.3) is 0 Å². The first kappa shape index (κ1) is 15.1. The van der Waals surface area contributed by atoms with Crippen molar-refractivity contribution in [3.8, 4) is 0 Å². The average Bonchev–Trinajstić information content (AvgIpc) is 2.94. The van der Waals surface area contributed by atoms with Crippen LogP contribution in [0.4, 0.5) is 5.69 Å². The first-order chi connectivity index (χ1) is 10.2. The van der Waals surface area contributed by atoms with Gasteiger partial charge in [0.05, 0.1) is 18.7 Å². The molecule has 1 aromatic heterocycles. The van der Waals surface area contributed by atoms with Crippen LogP contribution in [-0.2, 0) is 24.3 Å². The molecule has 2 rings (SSSR count). The number of likely N-dealkylation sites (N-methyl/N-ethyl adjacent to an activating group) is 1. The van der Waals surface area contributed by atoms with Crippen LogP contribution < -0.4 is 10.6 Å². The Morgan fingerprint density at radius 1 is 1.24 bits per heavy atom. The number of hydrogen-bond donors (Lipinski definition) is 2. The van der Waals surface area contributed by atoms with E-state index in [0.29, 0.717) is 6.42 Å². The van der Waals surface area contributed by atoms with Gasteiger partial charge >= 0.3 is 0 Å². The summed E-state index contributed by atoms with van der Waals surface area (Å²) in [4.78, 5) is 11.3. The first-order valence-corrected chi connectivity index (χ1v) is 7.27. The number of benzene rings is 1. The number of aryl methyl sites for hydroxylation is 1. The van der Waals surface area contributed by atoms with Crippen molar-refractivity contribution in [1.82, 2.24) is 15.1 Å². The Morgan fingerprint density at radius 2 is 2.00 bits per heavy atom. The first-order valence-electron chi connectivity index (χ1n) is 7.27. The van der Waals surface area contributed by atoms with Crippen LogP contribution in [0, 0.1) is 0 Å². The summed E-state index contributed by atoms with van der Waals surface area (Å²) < 4.78 is 2.02. The van der Waals surface area contributed by atoms with Crippen LogP contribution in [-0.4, -0.2) is 22.7 Å². The van der Waals surface area contributed by atoms with Crippen LogP contribution in [0.2, 0.25) is 0 Å². The van der Waals surface area contributed by atoms with E-state index >= 15 is 0 Å². The second-order valence-corrected chi connectivity index (χ2v) is 4.95. The quantitative estimate of drug-likeness (QED) is 0.820. The van der Waals surface area contributed by atoms with Crippen molar-refractivity contribution in [3.05, 3.63) is 47.8 Å². The number of amides is 1. The third-order valence-electron chi connectivity index (χ3n) is 3.31. The Kier molecular flexibility index (Phi) is 5.37. The molecule has 0 radical (unpaired) electrons. The molecule has 0 bridgehead atoms. The normalized spacial score (nSPS) is 10.4. The van der Waals surface area contributed by atoms with Gasteiger partial charge in [-0.15, -0.1) is 0 Å². The zero-order valence-electron chi connectivity index (χ0n) is 12.6. The van der Waals surface area contributed by atoms with E-state index in [2.05, 4.69) is 22.7 Å². The smallest absolute Gasteiger partial charge is 0.224 e. The van der Waals surface area contributed by atoms with Gasteiger partial charge in [-0.05, 0) is 30.2 Å². The molecule has 112 valence electrons. The Morgan fingerprint density at radius 3 is 2.67 bits per heavy atom. The average molecular weight is 286 g/mol. The van der Waals surface area contributed by atoms with E-state index in [9.17, 15) is 4.79 Å². The molecule has 0 aliphatic heterocycles. The zero-order valence-corrected chi connectivity index (χ0v) is 12.6.